The van der Waals surface area contributed by atoms with Gasteiger partial charge in [0.05, 0.1) is 18.1 Å². The molecule has 1 atom stereocenters. The van der Waals surface area contributed by atoms with Crippen LogP contribution in [0.4, 0.5) is 0 Å². The molecule has 0 saturated heterocycles. The molecule has 14 heavy (non-hydrogen) atoms. The van der Waals surface area contributed by atoms with E-state index in [9.17, 15) is 0 Å². The molecule has 0 aliphatic heterocycles. The highest BCUT2D eigenvalue weighted by Gasteiger charge is 2.10. The Bertz CT molecular complexity index is 310. The van der Waals surface area contributed by atoms with Crippen LogP contribution in [-0.2, 0) is 7.05 Å². The Hall–Kier alpha value is -1.31. The van der Waals surface area contributed by atoms with Crippen LogP contribution in [0.2, 0.25) is 0 Å². The van der Waals surface area contributed by atoms with Gasteiger partial charge in [-0.25, -0.2) is 4.98 Å². The van der Waals surface area contributed by atoms with Crippen LogP contribution in [0.15, 0.2) is 12.5 Å². The standard InChI is InChI=1S/C10H16N4/c1-3-4-5-6-9(13-11)10-7-14(2)8-12-10/h1,7-9,13H,4-6,11H2,2H3. The second kappa shape index (κ2) is 5.43. The average Bonchev–Trinajstić information content (AvgIpc) is 2.60. The monoisotopic (exact) mass is 192 g/mol. The minimum absolute atomic E-state index is 0.101. The van der Waals surface area contributed by atoms with Gasteiger partial charge in [0, 0.05) is 19.7 Å². The first kappa shape index (κ1) is 10.8. The van der Waals surface area contributed by atoms with E-state index < -0.39 is 0 Å². The van der Waals surface area contributed by atoms with Gasteiger partial charge in [-0.1, -0.05) is 0 Å². The minimum atomic E-state index is 0.101. The lowest BCUT2D eigenvalue weighted by molar-refractivity contribution is 0.493. The smallest absolute Gasteiger partial charge is 0.0947 e. The molecule has 0 amide bonds. The molecule has 3 N–H and O–H groups in total. The number of terminal acetylenes is 1. The predicted octanol–water partition coefficient (Wildman–Crippen LogP) is 0.728. The van der Waals surface area contributed by atoms with E-state index in [0.29, 0.717) is 0 Å². The zero-order valence-electron chi connectivity index (χ0n) is 8.40. The number of aryl methyl sites for hydroxylation is 1. The van der Waals surface area contributed by atoms with Crippen LogP contribution in [-0.4, -0.2) is 9.55 Å². The molecule has 1 aromatic rings. The van der Waals surface area contributed by atoms with E-state index in [1.165, 1.54) is 0 Å². The van der Waals surface area contributed by atoms with Crippen molar-refractivity contribution in [3.8, 4) is 12.3 Å². The molecular formula is C10H16N4. The molecule has 1 aromatic heterocycles. The fourth-order valence-corrected chi connectivity index (χ4v) is 1.34. The highest BCUT2D eigenvalue weighted by Crippen LogP contribution is 2.15. The van der Waals surface area contributed by atoms with Crippen LogP contribution in [0, 0.1) is 12.3 Å². The summed E-state index contributed by atoms with van der Waals surface area (Å²) in [4.78, 5) is 4.23. The minimum Gasteiger partial charge on any atom is -0.340 e. The zero-order chi connectivity index (χ0) is 10.4. The second-order valence-electron chi connectivity index (χ2n) is 3.28. The van der Waals surface area contributed by atoms with Crippen molar-refractivity contribution in [2.75, 3.05) is 0 Å². The highest BCUT2D eigenvalue weighted by atomic mass is 15.2. The first-order chi connectivity index (χ1) is 6.77. The van der Waals surface area contributed by atoms with Crippen molar-refractivity contribution in [3.05, 3.63) is 18.2 Å². The summed E-state index contributed by atoms with van der Waals surface area (Å²) in [5.74, 6) is 8.05. The molecule has 0 fully saturated rings. The van der Waals surface area contributed by atoms with E-state index in [1.807, 2.05) is 17.8 Å². The van der Waals surface area contributed by atoms with Crippen molar-refractivity contribution in [3.63, 3.8) is 0 Å². The molecule has 0 saturated carbocycles. The van der Waals surface area contributed by atoms with Crippen LogP contribution < -0.4 is 11.3 Å². The number of hydrazine groups is 1. The van der Waals surface area contributed by atoms with Gasteiger partial charge in [-0.15, -0.1) is 12.3 Å². The molecule has 0 aromatic carbocycles. The Morgan fingerprint density at radius 1 is 1.79 bits per heavy atom. The van der Waals surface area contributed by atoms with Crippen LogP contribution in [0.3, 0.4) is 0 Å². The molecule has 1 heterocycles. The quantitative estimate of drug-likeness (QED) is 0.313. The number of nitrogens with one attached hydrogen (secondary N) is 1. The Balaban J connectivity index is 2.50. The van der Waals surface area contributed by atoms with Crippen LogP contribution in [0.5, 0.6) is 0 Å². The number of imidazole rings is 1. The van der Waals surface area contributed by atoms with Gasteiger partial charge in [0.15, 0.2) is 0 Å². The fourth-order valence-electron chi connectivity index (χ4n) is 1.34. The molecule has 1 rings (SSSR count). The first-order valence-electron chi connectivity index (χ1n) is 4.65. The fraction of sp³-hybridized carbons (Fsp3) is 0.500. The SMILES string of the molecule is C#CCCCC(NN)c1cn(C)cn1. The maximum atomic E-state index is 5.45. The second-order valence-corrected chi connectivity index (χ2v) is 3.28. The van der Waals surface area contributed by atoms with Gasteiger partial charge in [0.1, 0.15) is 0 Å². The molecule has 0 aliphatic rings. The topological polar surface area (TPSA) is 55.9 Å². The van der Waals surface area contributed by atoms with Gasteiger partial charge in [0.25, 0.3) is 0 Å². The Kier molecular flexibility index (Phi) is 4.17. The molecule has 4 heteroatoms. The Morgan fingerprint density at radius 3 is 3.07 bits per heavy atom. The third kappa shape index (κ3) is 2.87. The van der Waals surface area contributed by atoms with Gasteiger partial charge in [-0.2, -0.15) is 0 Å². The summed E-state index contributed by atoms with van der Waals surface area (Å²) in [5, 5.41) is 0. The number of nitrogens with zero attached hydrogens (tertiary/aromatic N) is 2. The van der Waals surface area contributed by atoms with Gasteiger partial charge < -0.3 is 4.57 Å². The molecular weight excluding hydrogens is 176 g/mol. The van der Waals surface area contributed by atoms with Crippen molar-refractivity contribution in [1.82, 2.24) is 15.0 Å². The first-order valence-corrected chi connectivity index (χ1v) is 4.65. The predicted molar refractivity (Wildman–Crippen MR) is 56.0 cm³/mol. The lowest BCUT2D eigenvalue weighted by Crippen LogP contribution is -2.28. The van der Waals surface area contributed by atoms with Gasteiger partial charge in [-0.3, -0.25) is 11.3 Å². The molecule has 1 unspecified atom stereocenters. The van der Waals surface area contributed by atoms with Gasteiger partial charge in [0.2, 0.25) is 0 Å². The zero-order valence-corrected chi connectivity index (χ0v) is 8.40. The van der Waals surface area contributed by atoms with Crippen molar-refractivity contribution >= 4 is 0 Å². The molecule has 0 aliphatic carbocycles. The number of aromatic nitrogens is 2. The Morgan fingerprint density at radius 2 is 2.57 bits per heavy atom. The lowest BCUT2D eigenvalue weighted by atomic mass is 10.1. The third-order valence-corrected chi connectivity index (χ3v) is 2.10. The van der Waals surface area contributed by atoms with E-state index in [0.717, 1.165) is 25.0 Å². The maximum absolute atomic E-state index is 5.45. The molecule has 4 nitrogen and oxygen atoms in total. The summed E-state index contributed by atoms with van der Waals surface area (Å²) < 4.78 is 1.90. The van der Waals surface area contributed by atoms with E-state index in [4.69, 9.17) is 12.3 Å². The van der Waals surface area contributed by atoms with Crippen molar-refractivity contribution < 1.29 is 0 Å². The molecule has 0 spiro atoms. The highest BCUT2D eigenvalue weighted by molar-refractivity contribution is 5.03. The number of hydrogen-bond donors (Lipinski definition) is 2. The third-order valence-electron chi connectivity index (χ3n) is 2.10. The number of nitrogens with two attached hydrogens (primary N) is 1. The van der Waals surface area contributed by atoms with Crippen LogP contribution >= 0.6 is 0 Å². The van der Waals surface area contributed by atoms with E-state index in [1.54, 1.807) is 6.33 Å². The van der Waals surface area contributed by atoms with E-state index in [2.05, 4.69) is 16.3 Å². The summed E-state index contributed by atoms with van der Waals surface area (Å²) in [6.07, 6.45) is 11.6. The lowest BCUT2D eigenvalue weighted by Gasteiger charge is -2.11. The number of rotatable bonds is 5. The van der Waals surface area contributed by atoms with Crippen LogP contribution in [0.25, 0.3) is 0 Å². The largest absolute Gasteiger partial charge is 0.340 e. The molecule has 0 bridgehead atoms. The number of unbranched alkanes of at least 4 members (excludes halogenated alkanes) is 1. The summed E-state index contributed by atoms with van der Waals surface area (Å²) in [5.41, 5.74) is 3.71. The van der Waals surface area contributed by atoms with Crippen molar-refractivity contribution in [2.45, 2.75) is 25.3 Å². The Labute approximate surface area is 84.5 Å². The van der Waals surface area contributed by atoms with Gasteiger partial charge in [-0.05, 0) is 12.8 Å². The average molecular weight is 192 g/mol. The summed E-state index contributed by atoms with van der Waals surface area (Å²) in [7, 11) is 1.94. The molecule has 76 valence electrons. The van der Waals surface area contributed by atoms with Crippen molar-refractivity contribution in [1.29, 1.82) is 0 Å². The normalized spacial score (nSPS) is 12.4. The van der Waals surface area contributed by atoms with E-state index >= 15 is 0 Å². The van der Waals surface area contributed by atoms with Gasteiger partial charge >= 0.3 is 0 Å². The summed E-state index contributed by atoms with van der Waals surface area (Å²) in [6.45, 7) is 0. The number of hydrogen-bond acceptors (Lipinski definition) is 3. The van der Waals surface area contributed by atoms with Crippen LogP contribution in [0.1, 0.15) is 31.0 Å². The van der Waals surface area contributed by atoms with Crippen molar-refractivity contribution in [2.24, 2.45) is 12.9 Å². The summed E-state index contributed by atoms with van der Waals surface area (Å²) >= 11 is 0. The van der Waals surface area contributed by atoms with E-state index in [-0.39, 0.29) is 6.04 Å². The molecule has 0 radical (unpaired) electrons. The maximum Gasteiger partial charge on any atom is 0.0947 e. The summed E-state index contributed by atoms with van der Waals surface area (Å²) in [6, 6.07) is 0.101.